The van der Waals surface area contributed by atoms with Gasteiger partial charge in [-0.05, 0) is 6.42 Å². The molecule has 0 aromatic heterocycles. The molecule has 2 N–H and O–H groups in total. The van der Waals surface area contributed by atoms with Gasteiger partial charge >= 0.3 is 29.6 Å². The summed E-state index contributed by atoms with van der Waals surface area (Å²) in [6.07, 6.45) is 1.88. The Morgan fingerprint density at radius 3 is 2.47 bits per heavy atom. The van der Waals surface area contributed by atoms with E-state index < -0.39 is 22.0 Å². The van der Waals surface area contributed by atoms with Crippen LogP contribution in [-0.4, -0.2) is 43.1 Å². The molecule has 0 fully saturated rings. The van der Waals surface area contributed by atoms with Gasteiger partial charge in [0.15, 0.2) is 0 Å². The van der Waals surface area contributed by atoms with Crippen molar-refractivity contribution < 1.29 is 53.8 Å². The van der Waals surface area contributed by atoms with Crippen LogP contribution in [0.15, 0.2) is 0 Å². The summed E-state index contributed by atoms with van der Waals surface area (Å²) in [5.74, 6) is -0.666. The van der Waals surface area contributed by atoms with E-state index in [9.17, 15) is 8.42 Å². The third-order valence-corrected chi connectivity index (χ3v) is 2.41. The average Bonchev–Trinajstić information content (AvgIpc) is 2.00. The van der Waals surface area contributed by atoms with E-state index in [1.807, 2.05) is 0 Å². The van der Waals surface area contributed by atoms with Crippen LogP contribution in [0.4, 0.5) is 0 Å². The fourth-order valence-electron chi connectivity index (χ4n) is 0.965. The fraction of sp³-hybridized carbons (Fsp3) is 1.00. The number of unbranched alkanes of at least 4 members (excludes halogenated alkanes) is 2. The van der Waals surface area contributed by atoms with Crippen molar-refractivity contribution >= 4 is 10.1 Å². The summed E-state index contributed by atoms with van der Waals surface area (Å²) in [5, 5.41) is 9.08. The molecule has 0 aliphatic rings. The maximum Gasteiger partial charge on any atom is 1.00 e. The molecule has 1 unspecified atom stereocenters. The van der Waals surface area contributed by atoms with Gasteiger partial charge in [0.2, 0.25) is 0 Å². The second kappa shape index (κ2) is 10.0. The molecular formula is C8H19NaO5S. The summed E-state index contributed by atoms with van der Waals surface area (Å²) in [4.78, 5) is 0. The zero-order valence-electron chi connectivity index (χ0n) is 10.3. The number of aliphatic hydroxyl groups excluding tert-OH is 1. The molecular weight excluding hydrogens is 231 g/mol. The Balaban J connectivity index is -0.000000845. The number of rotatable bonds is 8. The van der Waals surface area contributed by atoms with Gasteiger partial charge in [0.05, 0.1) is 12.7 Å². The van der Waals surface area contributed by atoms with Crippen LogP contribution < -0.4 is 29.6 Å². The third kappa shape index (κ3) is 14.8. The van der Waals surface area contributed by atoms with Gasteiger partial charge in [-0.3, -0.25) is 4.55 Å². The van der Waals surface area contributed by atoms with Gasteiger partial charge in [0.25, 0.3) is 10.1 Å². The second-order valence-corrected chi connectivity index (χ2v) is 4.68. The molecule has 88 valence electrons. The monoisotopic (exact) mass is 250 g/mol. The summed E-state index contributed by atoms with van der Waals surface area (Å²) >= 11 is 0. The van der Waals surface area contributed by atoms with Crippen LogP contribution in [0, 0.1) is 0 Å². The molecule has 0 saturated heterocycles. The summed E-state index contributed by atoms with van der Waals surface area (Å²) in [7, 11) is -4.10. The van der Waals surface area contributed by atoms with Gasteiger partial charge in [-0.25, -0.2) is 0 Å². The smallest absolute Gasteiger partial charge is 1.00 e. The van der Waals surface area contributed by atoms with Crippen LogP contribution in [0.3, 0.4) is 0 Å². The molecule has 0 spiro atoms. The Morgan fingerprint density at radius 2 is 2.00 bits per heavy atom. The molecule has 1 atom stereocenters. The molecule has 5 nitrogen and oxygen atoms in total. The van der Waals surface area contributed by atoms with E-state index in [1.165, 1.54) is 0 Å². The molecule has 0 saturated carbocycles. The van der Waals surface area contributed by atoms with Crippen LogP contribution in [0.1, 0.15) is 27.6 Å². The maximum absolute atomic E-state index is 10.3. The summed E-state index contributed by atoms with van der Waals surface area (Å²) < 4.78 is 34.0. The van der Waals surface area contributed by atoms with Crippen molar-refractivity contribution in [2.24, 2.45) is 0 Å². The van der Waals surface area contributed by atoms with Crippen molar-refractivity contribution in [3.8, 4) is 0 Å². The van der Waals surface area contributed by atoms with E-state index in [4.69, 9.17) is 14.4 Å². The first-order valence-corrected chi connectivity index (χ1v) is 6.27. The van der Waals surface area contributed by atoms with Crippen LogP contribution >= 0.6 is 0 Å². The second-order valence-electron chi connectivity index (χ2n) is 3.18. The van der Waals surface area contributed by atoms with Crippen molar-refractivity contribution in [3.63, 3.8) is 0 Å². The normalized spacial score (nSPS) is 13.3. The van der Waals surface area contributed by atoms with Gasteiger partial charge in [-0.15, -0.1) is 0 Å². The van der Waals surface area contributed by atoms with Crippen molar-refractivity contribution in [2.45, 2.75) is 32.3 Å². The Labute approximate surface area is 115 Å². The van der Waals surface area contributed by atoms with Crippen molar-refractivity contribution in [3.05, 3.63) is 0 Å². The average molecular weight is 250 g/mol. The summed E-state index contributed by atoms with van der Waals surface area (Å²) in [6, 6.07) is 0. The van der Waals surface area contributed by atoms with Crippen LogP contribution in [-0.2, 0) is 14.9 Å². The van der Waals surface area contributed by atoms with E-state index in [0.29, 0.717) is 6.61 Å². The first-order chi connectivity index (χ1) is 6.45. The number of aliphatic hydroxyl groups is 1. The molecule has 0 heterocycles. The molecule has 7 heteroatoms. The molecule has 0 bridgehead atoms. The maximum atomic E-state index is 10.3. The Morgan fingerprint density at radius 1 is 1.40 bits per heavy atom. The van der Waals surface area contributed by atoms with Gasteiger partial charge < -0.3 is 11.3 Å². The Hall–Kier alpha value is 0.830. The molecule has 0 radical (unpaired) electrons. The minimum atomic E-state index is -4.10. The zero-order chi connectivity index (χ0) is 11.0. The molecule has 0 amide bonds. The largest absolute Gasteiger partial charge is 1.00 e. The molecule has 0 aliphatic carbocycles. The van der Waals surface area contributed by atoms with E-state index >= 15 is 0 Å². The van der Waals surface area contributed by atoms with E-state index in [0.717, 1.165) is 19.3 Å². The standard InChI is InChI=1S/C8H18O5S.Na.H/c1-2-3-4-5-13-6-8(9)7-14(10,11)12;;/h8-9H,2-7H2,1H3,(H,10,11,12);;/q;+1;-1. The van der Waals surface area contributed by atoms with Gasteiger partial charge in [0, 0.05) is 6.61 Å². The first kappa shape index (κ1) is 18.2. The third-order valence-electron chi connectivity index (χ3n) is 1.61. The number of hydrogen-bond donors (Lipinski definition) is 2. The minimum Gasteiger partial charge on any atom is -1.00 e. The van der Waals surface area contributed by atoms with Gasteiger partial charge in [-0.2, -0.15) is 8.42 Å². The van der Waals surface area contributed by atoms with E-state index in [1.54, 1.807) is 0 Å². The Kier molecular flexibility index (Phi) is 12.2. The van der Waals surface area contributed by atoms with Crippen molar-refractivity contribution in [1.82, 2.24) is 0 Å². The predicted molar refractivity (Wildman–Crippen MR) is 53.9 cm³/mol. The summed E-state index contributed by atoms with van der Waals surface area (Å²) in [6.45, 7) is 2.52. The topological polar surface area (TPSA) is 83.8 Å². The van der Waals surface area contributed by atoms with Crippen LogP contribution in [0.25, 0.3) is 0 Å². The van der Waals surface area contributed by atoms with E-state index in [2.05, 4.69) is 6.92 Å². The molecule has 0 aromatic rings. The summed E-state index contributed by atoms with van der Waals surface area (Å²) in [5.41, 5.74) is 0. The zero-order valence-corrected chi connectivity index (χ0v) is 12.2. The Bertz CT molecular complexity index is 235. The quantitative estimate of drug-likeness (QED) is 0.284. The van der Waals surface area contributed by atoms with Gasteiger partial charge in [0.1, 0.15) is 5.75 Å². The van der Waals surface area contributed by atoms with E-state index in [-0.39, 0.29) is 37.6 Å². The molecule has 15 heavy (non-hydrogen) atoms. The number of hydrogen-bond acceptors (Lipinski definition) is 4. The van der Waals surface area contributed by atoms with Crippen molar-refractivity contribution in [2.75, 3.05) is 19.0 Å². The van der Waals surface area contributed by atoms with Crippen LogP contribution in [0.5, 0.6) is 0 Å². The number of ether oxygens (including phenoxy) is 1. The SMILES string of the molecule is CCCCCOCC(O)CS(=O)(=O)O.[H-].[Na+]. The minimum absolute atomic E-state index is 0. The molecule has 0 aliphatic heterocycles. The fourth-order valence-corrected chi connectivity index (χ4v) is 1.55. The molecule has 0 aromatic carbocycles. The predicted octanol–water partition coefficient (Wildman–Crippen LogP) is -2.44. The molecule has 0 rings (SSSR count). The van der Waals surface area contributed by atoms with Crippen LogP contribution in [0.2, 0.25) is 0 Å². The first-order valence-electron chi connectivity index (χ1n) is 4.66. The van der Waals surface area contributed by atoms with Gasteiger partial charge in [-0.1, -0.05) is 19.8 Å². The van der Waals surface area contributed by atoms with Crippen molar-refractivity contribution in [1.29, 1.82) is 0 Å².